The van der Waals surface area contributed by atoms with Gasteiger partial charge in [-0.05, 0) is 25.6 Å². The van der Waals surface area contributed by atoms with Gasteiger partial charge in [0.05, 0.1) is 0 Å². The van der Waals surface area contributed by atoms with E-state index in [9.17, 15) is 0 Å². The first-order valence-electron chi connectivity index (χ1n) is 6.42. The lowest BCUT2D eigenvalue weighted by Gasteiger charge is -2.38. The molecule has 0 bridgehead atoms. The van der Waals surface area contributed by atoms with Gasteiger partial charge >= 0.3 is 0 Å². The Hall–Kier alpha value is -1.39. The SMILES string of the molecule is CC1CN(C)CCN1Cc1cccc(C(=N)N)c1. The van der Waals surface area contributed by atoms with Crippen LogP contribution in [0.3, 0.4) is 0 Å². The van der Waals surface area contributed by atoms with Gasteiger partial charge in [-0.1, -0.05) is 18.2 Å². The number of amidine groups is 1. The van der Waals surface area contributed by atoms with Crippen molar-refractivity contribution < 1.29 is 0 Å². The monoisotopic (exact) mass is 246 g/mol. The van der Waals surface area contributed by atoms with Crippen LogP contribution < -0.4 is 5.73 Å². The van der Waals surface area contributed by atoms with Gasteiger partial charge in [0, 0.05) is 37.8 Å². The molecule has 1 heterocycles. The van der Waals surface area contributed by atoms with Crippen LogP contribution in [-0.4, -0.2) is 48.4 Å². The molecule has 1 fully saturated rings. The highest BCUT2D eigenvalue weighted by Gasteiger charge is 2.21. The van der Waals surface area contributed by atoms with Crippen LogP contribution in [0.25, 0.3) is 0 Å². The first-order chi connectivity index (χ1) is 8.56. The number of rotatable bonds is 3. The van der Waals surface area contributed by atoms with Crippen LogP contribution in [-0.2, 0) is 6.54 Å². The van der Waals surface area contributed by atoms with Gasteiger partial charge in [-0.2, -0.15) is 0 Å². The average Bonchev–Trinajstić information content (AvgIpc) is 2.33. The Morgan fingerprint density at radius 3 is 2.89 bits per heavy atom. The third-order valence-electron chi connectivity index (χ3n) is 3.59. The number of benzene rings is 1. The maximum atomic E-state index is 7.48. The van der Waals surface area contributed by atoms with E-state index < -0.39 is 0 Å². The van der Waals surface area contributed by atoms with E-state index >= 15 is 0 Å². The molecular weight excluding hydrogens is 224 g/mol. The van der Waals surface area contributed by atoms with Crippen molar-refractivity contribution in [2.24, 2.45) is 5.73 Å². The Kier molecular flexibility index (Phi) is 3.99. The van der Waals surface area contributed by atoms with E-state index in [1.807, 2.05) is 18.2 Å². The second-order valence-corrected chi connectivity index (χ2v) is 5.20. The number of likely N-dealkylation sites (N-methyl/N-ethyl adjacent to an activating group) is 1. The summed E-state index contributed by atoms with van der Waals surface area (Å²) in [7, 11) is 2.17. The normalized spacial score (nSPS) is 22.0. The molecule has 0 aliphatic carbocycles. The first-order valence-corrected chi connectivity index (χ1v) is 6.42. The number of nitrogens with two attached hydrogens (primary N) is 1. The molecule has 18 heavy (non-hydrogen) atoms. The van der Waals surface area contributed by atoms with Crippen LogP contribution in [0, 0.1) is 5.41 Å². The molecule has 0 amide bonds. The third-order valence-corrected chi connectivity index (χ3v) is 3.59. The molecule has 1 unspecified atom stereocenters. The van der Waals surface area contributed by atoms with Crippen LogP contribution in [0.15, 0.2) is 24.3 Å². The highest BCUT2D eigenvalue weighted by atomic mass is 15.3. The van der Waals surface area contributed by atoms with Crippen molar-refractivity contribution in [3.8, 4) is 0 Å². The van der Waals surface area contributed by atoms with Crippen molar-refractivity contribution in [2.75, 3.05) is 26.7 Å². The molecule has 1 aromatic carbocycles. The van der Waals surface area contributed by atoms with Crippen molar-refractivity contribution >= 4 is 5.84 Å². The zero-order valence-corrected chi connectivity index (χ0v) is 11.2. The van der Waals surface area contributed by atoms with Crippen molar-refractivity contribution in [2.45, 2.75) is 19.5 Å². The summed E-state index contributed by atoms with van der Waals surface area (Å²) in [6.45, 7) is 6.55. The number of nitrogen functional groups attached to an aromatic ring is 1. The zero-order chi connectivity index (χ0) is 13.1. The minimum absolute atomic E-state index is 0.142. The summed E-state index contributed by atoms with van der Waals surface area (Å²) in [5.41, 5.74) is 7.57. The van der Waals surface area contributed by atoms with Gasteiger partial charge in [-0.3, -0.25) is 10.3 Å². The quantitative estimate of drug-likeness (QED) is 0.620. The molecule has 98 valence electrons. The van der Waals surface area contributed by atoms with Crippen LogP contribution in [0.4, 0.5) is 0 Å². The summed E-state index contributed by atoms with van der Waals surface area (Å²) in [5, 5.41) is 7.48. The standard InChI is InChI=1S/C14H22N4/c1-11-9-17(2)6-7-18(11)10-12-4-3-5-13(8-12)14(15)16/h3-5,8,11H,6-7,9-10H2,1-2H3,(H3,15,16). The predicted molar refractivity (Wildman–Crippen MR) is 74.8 cm³/mol. The minimum Gasteiger partial charge on any atom is -0.384 e. The molecule has 1 aromatic rings. The van der Waals surface area contributed by atoms with E-state index in [0.717, 1.165) is 31.7 Å². The minimum atomic E-state index is 0.142. The Bertz CT molecular complexity index is 430. The smallest absolute Gasteiger partial charge is 0.122 e. The highest BCUT2D eigenvalue weighted by Crippen LogP contribution is 2.14. The molecule has 3 N–H and O–H groups in total. The van der Waals surface area contributed by atoms with Crippen LogP contribution in [0.2, 0.25) is 0 Å². The van der Waals surface area contributed by atoms with E-state index in [2.05, 4.69) is 29.8 Å². The third kappa shape index (κ3) is 3.09. The van der Waals surface area contributed by atoms with E-state index in [4.69, 9.17) is 11.1 Å². The van der Waals surface area contributed by atoms with Crippen molar-refractivity contribution in [3.05, 3.63) is 35.4 Å². The summed E-state index contributed by atoms with van der Waals surface area (Å²) in [5.74, 6) is 0.142. The number of nitrogens with one attached hydrogen (secondary N) is 1. The Morgan fingerprint density at radius 1 is 1.44 bits per heavy atom. The van der Waals surface area contributed by atoms with Crippen molar-refractivity contribution in [1.29, 1.82) is 5.41 Å². The van der Waals surface area contributed by atoms with Gasteiger partial charge in [0.15, 0.2) is 0 Å². The maximum Gasteiger partial charge on any atom is 0.122 e. The van der Waals surface area contributed by atoms with Gasteiger partial charge in [0.1, 0.15) is 5.84 Å². The first kappa shape index (κ1) is 13.1. The average molecular weight is 246 g/mol. The summed E-state index contributed by atoms with van der Waals surface area (Å²) in [6.07, 6.45) is 0. The number of hydrogen-bond donors (Lipinski definition) is 2. The molecule has 0 spiro atoms. The molecular formula is C14H22N4. The van der Waals surface area contributed by atoms with E-state index in [0.29, 0.717) is 6.04 Å². The predicted octanol–water partition coefficient (Wildman–Crippen LogP) is 1.11. The molecule has 4 heteroatoms. The molecule has 0 aromatic heterocycles. The van der Waals surface area contributed by atoms with Crippen molar-refractivity contribution in [1.82, 2.24) is 9.80 Å². The second kappa shape index (κ2) is 5.50. The highest BCUT2D eigenvalue weighted by molar-refractivity contribution is 5.95. The fourth-order valence-corrected chi connectivity index (χ4v) is 2.48. The number of hydrogen-bond acceptors (Lipinski definition) is 3. The zero-order valence-electron chi connectivity index (χ0n) is 11.2. The van der Waals surface area contributed by atoms with Gasteiger partial charge in [-0.25, -0.2) is 0 Å². The lowest BCUT2D eigenvalue weighted by atomic mass is 10.1. The molecule has 1 atom stereocenters. The number of nitrogens with zero attached hydrogens (tertiary/aromatic N) is 2. The Balaban J connectivity index is 2.05. The molecule has 1 saturated heterocycles. The summed E-state index contributed by atoms with van der Waals surface area (Å²) < 4.78 is 0. The Morgan fingerprint density at radius 2 is 2.22 bits per heavy atom. The van der Waals surface area contributed by atoms with Crippen LogP contribution >= 0.6 is 0 Å². The lowest BCUT2D eigenvalue weighted by Crippen LogP contribution is -2.49. The fourth-order valence-electron chi connectivity index (χ4n) is 2.48. The van der Waals surface area contributed by atoms with E-state index in [-0.39, 0.29) is 5.84 Å². The van der Waals surface area contributed by atoms with E-state index in [1.165, 1.54) is 5.56 Å². The largest absolute Gasteiger partial charge is 0.384 e. The molecule has 2 rings (SSSR count). The molecule has 0 radical (unpaired) electrons. The lowest BCUT2D eigenvalue weighted by molar-refractivity contribution is 0.0938. The van der Waals surface area contributed by atoms with Crippen LogP contribution in [0.5, 0.6) is 0 Å². The molecule has 1 aliphatic rings. The van der Waals surface area contributed by atoms with Gasteiger partial charge in [0.2, 0.25) is 0 Å². The topological polar surface area (TPSA) is 56.4 Å². The fraction of sp³-hybridized carbons (Fsp3) is 0.500. The Labute approximate surface area is 109 Å². The second-order valence-electron chi connectivity index (χ2n) is 5.20. The number of piperazine rings is 1. The summed E-state index contributed by atoms with van der Waals surface area (Å²) >= 11 is 0. The molecule has 0 saturated carbocycles. The summed E-state index contributed by atoms with van der Waals surface area (Å²) in [4.78, 5) is 4.85. The van der Waals surface area contributed by atoms with E-state index in [1.54, 1.807) is 0 Å². The van der Waals surface area contributed by atoms with Gasteiger partial charge in [0.25, 0.3) is 0 Å². The van der Waals surface area contributed by atoms with Gasteiger partial charge < -0.3 is 10.6 Å². The van der Waals surface area contributed by atoms with Crippen LogP contribution in [0.1, 0.15) is 18.1 Å². The van der Waals surface area contributed by atoms with Crippen molar-refractivity contribution in [3.63, 3.8) is 0 Å². The van der Waals surface area contributed by atoms with Gasteiger partial charge in [-0.15, -0.1) is 0 Å². The molecule has 1 aliphatic heterocycles. The summed E-state index contributed by atoms with van der Waals surface area (Å²) in [6, 6.07) is 8.57. The molecule has 4 nitrogen and oxygen atoms in total. The maximum absolute atomic E-state index is 7.48.